The summed E-state index contributed by atoms with van der Waals surface area (Å²) in [5.74, 6) is -0.206. The van der Waals surface area contributed by atoms with Gasteiger partial charge in [-0.15, -0.1) is 0 Å². The van der Waals surface area contributed by atoms with Gasteiger partial charge in [0, 0.05) is 13.0 Å². The lowest BCUT2D eigenvalue weighted by atomic mass is 10.3. The minimum atomic E-state index is -0.422. The third kappa shape index (κ3) is 1.96. The second-order valence-corrected chi connectivity index (χ2v) is 2.92. The Balaban J connectivity index is 2.46. The summed E-state index contributed by atoms with van der Waals surface area (Å²) >= 11 is 0. The Morgan fingerprint density at radius 1 is 1.62 bits per heavy atom. The highest BCUT2D eigenvalue weighted by molar-refractivity contribution is 6.03. The van der Waals surface area contributed by atoms with Crippen molar-refractivity contribution in [3.8, 4) is 6.07 Å². The molecule has 0 aromatic rings. The van der Waals surface area contributed by atoms with E-state index in [1.807, 2.05) is 6.07 Å². The minimum Gasteiger partial charge on any atom is -0.326 e. The van der Waals surface area contributed by atoms with Crippen molar-refractivity contribution in [3.63, 3.8) is 0 Å². The van der Waals surface area contributed by atoms with Crippen LogP contribution in [0.2, 0.25) is 0 Å². The molecule has 1 saturated heterocycles. The maximum absolute atomic E-state index is 11.3. The van der Waals surface area contributed by atoms with Crippen molar-refractivity contribution in [2.45, 2.75) is 25.8 Å². The Labute approximate surface area is 76.3 Å². The largest absolute Gasteiger partial charge is 0.326 e. The molecule has 1 fully saturated rings. The van der Waals surface area contributed by atoms with Crippen LogP contribution in [-0.2, 0) is 4.79 Å². The Morgan fingerprint density at radius 2 is 2.31 bits per heavy atom. The summed E-state index contributed by atoms with van der Waals surface area (Å²) in [4.78, 5) is 23.5. The highest BCUT2D eigenvalue weighted by atomic mass is 16.2. The molecule has 3 amide bonds. The minimum absolute atomic E-state index is 0.206. The number of imide groups is 1. The lowest BCUT2D eigenvalue weighted by Crippen LogP contribution is -2.32. The van der Waals surface area contributed by atoms with Crippen molar-refractivity contribution in [2.24, 2.45) is 0 Å². The SMILES string of the molecule is C[C@H]1NC(=O)N(CCCC#N)C1=O. The predicted octanol–water partition coefficient (Wildman–Crippen LogP) is 0.230. The van der Waals surface area contributed by atoms with Crippen molar-refractivity contribution >= 4 is 11.9 Å². The van der Waals surface area contributed by atoms with E-state index in [-0.39, 0.29) is 11.9 Å². The van der Waals surface area contributed by atoms with Crippen LogP contribution < -0.4 is 5.32 Å². The van der Waals surface area contributed by atoms with Crippen LogP contribution in [0.4, 0.5) is 4.79 Å². The molecule has 1 aliphatic rings. The van der Waals surface area contributed by atoms with Gasteiger partial charge in [-0.25, -0.2) is 4.79 Å². The molecule has 1 N–H and O–H groups in total. The van der Waals surface area contributed by atoms with E-state index in [1.165, 1.54) is 0 Å². The van der Waals surface area contributed by atoms with E-state index in [9.17, 15) is 9.59 Å². The summed E-state index contributed by atoms with van der Waals surface area (Å²) in [5.41, 5.74) is 0. The predicted molar refractivity (Wildman–Crippen MR) is 44.6 cm³/mol. The lowest BCUT2D eigenvalue weighted by Gasteiger charge is -2.10. The normalized spacial score (nSPS) is 21.5. The molecule has 0 aliphatic carbocycles. The average molecular weight is 181 g/mol. The number of amides is 3. The zero-order valence-corrected chi connectivity index (χ0v) is 7.41. The topological polar surface area (TPSA) is 73.2 Å². The molecule has 1 heterocycles. The smallest absolute Gasteiger partial charge is 0.324 e. The van der Waals surface area contributed by atoms with E-state index < -0.39 is 6.04 Å². The second kappa shape index (κ2) is 3.90. The second-order valence-electron chi connectivity index (χ2n) is 2.92. The number of unbranched alkanes of at least 4 members (excludes halogenated alkanes) is 1. The number of carbonyl (C=O) groups is 2. The van der Waals surface area contributed by atoms with Gasteiger partial charge in [-0.3, -0.25) is 9.69 Å². The summed E-state index contributed by atoms with van der Waals surface area (Å²) in [5, 5.41) is 10.8. The molecule has 1 aliphatic heterocycles. The number of hydrogen-bond donors (Lipinski definition) is 1. The lowest BCUT2D eigenvalue weighted by molar-refractivity contribution is -0.127. The first kappa shape index (κ1) is 9.52. The quantitative estimate of drug-likeness (QED) is 0.500. The number of nitriles is 1. The van der Waals surface area contributed by atoms with E-state index in [0.717, 1.165) is 4.90 Å². The summed E-state index contributed by atoms with van der Waals surface area (Å²) < 4.78 is 0. The molecule has 0 aromatic heterocycles. The van der Waals surface area contributed by atoms with Crippen LogP contribution in [-0.4, -0.2) is 29.4 Å². The molecule has 1 rings (SSSR count). The van der Waals surface area contributed by atoms with Crippen molar-refractivity contribution in [1.82, 2.24) is 10.2 Å². The van der Waals surface area contributed by atoms with E-state index in [4.69, 9.17) is 5.26 Å². The van der Waals surface area contributed by atoms with Gasteiger partial charge in [0.25, 0.3) is 5.91 Å². The van der Waals surface area contributed by atoms with Crippen LogP contribution in [0.3, 0.4) is 0 Å². The maximum atomic E-state index is 11.3. The molecule has 0 spiro atoms. The van der Waals surface area contributed by atoms with Gasteiger partial charge in [-0.1, -0.05) is 0 Å². The molecule has 0 aromatic carbocycles. The fourth-order valence-corrected chi connectivity index (χ4v) is 1.19. The highest BCUT2D eigenvalue weighted by Crippen LogP contribution is 2.06. The first-order chi connectivity index (χ1) is 6.16. The van der Waals surface area contributed by atoms with Gasteiger partial charge in [-0.2, -0.15) is 5.26 Å². The van der Waals surface area contributed by atoms with Crippen molar-refractivity contribution in [3.05, 3.63) is 0 Å². The monoisotopic (exact) mass is 181 g/mol. The first-order valence-corrected chi connectivity index (χ1v) is 4.15. The summed E-state index contributed by atoms with van der Waals surface area (Å²) in [7, 11) is 0. The molecular weight excluding hydrogens is 170 g/mol. The van der Waals surface area contributed by atoms with Crippen LogP contribution in [0.5, 0.6) is 0 Å². The molecule has 0 saturated carbocycles. The number of rotatable bonds is 3. The van der Waals surface area contributed by atoms with E-state index in [0.29, 0.717) is 19.4 Å². The van der Waals surface area contributed by atoms with Crippen molar-refractivity contribution in [1.29, 1.82) is 5.26 Å². The molecule has 1 atom stereocenters. The fourth-order valence-electron chi connectivity index (χ4n) is 1.19. The van der Waals surface area contributed by atoms with Gasteiger partial charge in [0.1, 0.15) is 6.04 Å². The fraction of sp³-hybridized carbons (Fsp3) is 0.625. The summed E-state index contributed by atoms with van der Waals surface area (Å²) in [6.07, 6.45) is 0.911. The Kier molecular flexibility index (Phi) is 2.85. The number of nitrogens with one attached hydrogen (secondary N) is 1. The zero-order chi connectivity index (χ0) is 9.84. The van der Waals surface area contributed by atoms with E-state index in [1.54, 1.807) is 6.92 Å². The van der Waals surface area contributed by atoms with Gasteiger partial charge in [-0.05, 0) is 13.3 Å². The van der Waals surface area contributed by atoms with E-state index >= 15 is 0 Å². The maximum Gasteiger partial charge on any atom is 0.324 e. The summed E-state index contributed by atoms with van der Waals surface area (Å²) in [6, 6.07) is 1.19. The highest BCUT2D eigenvalue weighted by Gasteiger charge is 2.34. The van der Waals surface area contributed by atoms with Gasteiger partial charge >= 0.3 is 6.03 Å². The molecule has 0 unspecified atom stereocenters. The van der Waals surface area contributed by atoms with Gasteiger partial charge in [0.15, 0.2) is 0 Å². The van der Waals surface area contributed by atoms with Gasteiger partial charge in [0.2, 0.25) is 0 Å². The van der Waals surface area contributed by atoms with Crippen LogP contribution in [0.1, 0.15) is 19.8 Å². The molecule has 0 radical (unpaired) electrons. The zero-order valence-electron chi connectivity index (χ0n) is 7.41. The first-order valence-electron chi connectivity index (χ1n) is 4.15. The Hall–Kier alpha value is -1.57. The number of hydrogen-bond acceptors (Lipinski definition) is 3. The van der Waals surface area contributed by atoms with Crippen LogP contribution >= 0.6 is 0 Å². The molecule has 5 heteroatoms. The third-order valence-corrected chi connectivity index (χ3v) is 1.89. The van der Waals surface area contributed by atoms with Crippen LogP contribution in [0.25, 0.3) is 0 Å². The molecule has 13 heavy (non-hydrogen) atoms. The molecule has 70 valence electrons. The molecular formula is C8H11N3O2. The van der Waals surface area contributed by atoms with Crippen molar-refractivity contribution in [2.75, 3.05) is 6.54 Å². The molecule has 0 bridgehead atoms. The number of carbonyl (C=O) groups excluding carboxylic acids is 2. The number of nitrogens with zero attached hydrogens (tertiary/aromatic N) is 2. The van der Waals surface area contributed by atoms with Crippen LogP contribution in [0, 0.1) is 11.3 Å². The Bertz CT molecular complexity index is 269. The van der Waals surface area contributed by atoms with Crippen LogP contribution in [0.15, 0.2) is 0 Å². The number of urea groups is 1. The van der Waals surface area contributed by atoms with Crippen molar-refractivity contribution < 1.29 is 9.59 Å². The van der Waals surface area contributed by atoms with E-state index in [2.05, 4.69) is 5.32 Å². The summed E-state index contributed by atoms with van der Waals surface area (Å²) in [6.45, 7) is 1.98. The standard InChI is InChI=1S/C8H11N3O2/c1-6-7(12)11(8(13)10-6)5-3-2-4-9/h6H,2-3,5H2,1H3,(H,10,13)/t6-/m1/s1. The average Bonchev–Trinajstić information content (AvgIpc) is 2.32. The van der Waals surface area contributed by atoms with Gasteiger partial charge in [0.05, 0.1) is 6.07 Å². The Morgan fingerprint density at radius 3 is 2.77 bits per heavy atom. The molecule has 5 nitrogen and oxygen atoms in total. The van der Waals surface area contributed by atoms with Gasteiger partial charge < -0.3 is 5.32 Å². The third-order valence-electron chi connectivity index (χ3n) is 1.89.